The highest BCUT2D eigenvalue weighted by atomic mass is 79.9. The van der Waals surface area contributed by atoms with Crippen LogP contribution in [0.1, 0.15) is 42.1 Å². The van der Waals surface area contributed by atoms with E-state index >= 15 is 0 Å². The van der Waals surface area contributed by atoms with Crippen LogP contribution in [-0.2, 0) is 0 Å². The van der Waals surface area contributed by atoms with Gasteiger partial charge < -0.3 is 15.2 Å². The number of hydrogen-bond acceptors (Lipinski definition) is 4. The number of anilines is 1. The number of phenolic OH excluding ortho intramolecular Hbond substituents is 1. The van der Waals surface area contributed by atoms with Crippen LogP contribution in [0.15, 0.2) is 40.9 Å². The molecule has 0 aliphatic heterocycles. The van der Waals surface area contributed by atoms with Gasteiger partial charge in [0.1, 0.15) is 11.5 Å². The van der Waals surface area contributed by atoms with Gasteiger partial charge in [-0.3, -0.25) is 10.1 Å². The van der Waals surface area contributed by atoms with E-state index in [9.17, 15) is 9.90 Å². The van der Waals surface area contributed by atoms with Crippen LogP contribution in [-0.4, -0.2) is 23.2 Å². The minimum Gasteiger partial charge on any atom is -0.506 e. The quantitative estimate of drug-likeness (QED) is 0.463. The Labute approximate surface area is 166 Å². The van der Waals surface area contributed by atoms with E-state index in [-0.39, 0.29) is 10.9 Å². The lowest BCUT2D eigenvalue weighted by molar-refractivity contribution is 0.0974. The molecule has 0 unspecified atom stereocenters. The number of benzene rings is 2. The van der Waals surface area contributed by atoms with Crippen LogP contribution in [0.2, 0.25) is 0 Å². The number of carbonyl (C=O) groups is 1. The molecule has 0 fully saturated rings. The zero-order chi connectivity index (χ0) is 19.3. The van der Waals surface area contributed by atoms with Crippen molar-refractivity contribution >= 4 is 44.9 Å². The molecular weight excluding hydrogens is 416 g/mol. The summed E-state index contributed by atoms with van der Waals surface area (Å²) >= 11 is 8.55. The Hall–Kier alpha value is -2.12. The number of thiocarbonyl (C=S) groups is 1. The lowest BCUT2D eigenvalue weighted by Gasteiger charge is -2.15. The Bertz CT molecular complexity index is 826. The first-order chi connectivity index (χ1) is 12.3. The molecule has 7 heteroatoms. The smallest absolute Gasteiger partial charge is 0.261 e. The third-order valence-corrected chi connectivity index (χ3v) is 4.78. The number of rotatable bonds is 5. The second kappa shape index (κ2) is 9.00. The second-order valence-electron chi connectivity index (χ2n) is 5.84. The van der Waals surface area contributed by atoms with Crippen molar-refractivity contribution < 1.29 is 14.6 Å². The standard InChI is InChI=1S/C19H21BrN2O3S/c1-4-11(2)12-5-7-16(23)15(9-12)21-19(26)22-18(24)14-10-13(20)6-8-17(14)25-3/h5-11,23H,4H2,1-3H3,(H2,21,22,24,26)/t11-/m1/s1. The molecule has 3 N–H and O–H groups in total. The van der Waals surface area contributed by atoms with Crippen molar-refractivity contribution in [1.82, 2.24) is 5.32 Å². The fraction of sp³-hybridized carbons (Fsp3) is 0.263. The molecule has 0 aliphatic rings. The van der Waals surface area contributed by atoms with Gasteiger partial charge in [0.15, 0.2) is 5.11 Å². The lowest BCUT2D eigenvalue weighted by atomic mass is 9.98. The van der Waals surface area contributed by atoms with Crippen LogP contribution < -0.4 is 15.4 Å². The number of methoxy groups -OCH3 is 1. The van der Waals surface area contributed by atoms with Crippen LogP contribution in [0, 0.1) is 0 Å². The molecule has 2 aromatic rings. The number of carbonyl (C=O) groups excluding carboxylic acids is 1. The highest BCUT2D eigenvalue weighted by Gasteiger charge is 2.15. The zero-order valence-electron chi connectivity index (χ0n) is 14.8. The van der Waals surface area contributed by atoms with Crippen LogP contribution in [0.25, 0.3) is 0 Å². The topological polar surface area (TPSA) is 70.6 Å². The first-order valence-electron chi connectivity index (χ1n) is 8.14. The maximum atomic E-state index is 12.5. The van der Waals surface area contributed by atoms with Crippen LogP contribution in [0.4, 0.5) is 5.69 Å². The minimum atomic E-state index is -0.404. The van der Waals surface area contributed by atoms with Crippen molar-refractivity contribution in [3.8, 4) is 11.5 Å². The first-order valence-corrected chi connectivity index (χ1v) is 9.34. The molecule has 0 saturated heterocycles. The Morgan fingerprint density at radius 2 is 2.04 bits per heavy atom. The molecule has 0 aliphatic carbocycles. The van der Waals surface area contributed by atoms with E-state index in [0.29, 0.717) is 22.9 Å². The molecule has 0 radical (unpaired) electrons. The summed E-state index contributed by atoms with van der Waals surface area (Å²) in [5.74, 6) is 0.451. The first kappa shape index (κ1) is 20.2. The summed E-state index contributed by atoms with van der Waals surface area (Å²) in [6.07, 6.45) is 0.980. The van der Waals surface area contributed by atoms with Gasteiger partial charge in [-0.25, -0.2) is 0 Å². The van der Waals surface area contributed by atoms with E-state index in [1.54, 1.807) is 24.3 Å². The summed E-state index contributed by atoms with van der Waals surface area (Å²) < 4.78 is 5.96. The largest absolute Gasteiger partial charge is 0.506 e. The lowest BCUT2D eigenvalue weighted by Crippen LogP contribution is -2.34. The third kappa shape index (κ3) is 4.95. The maximum absolute atomic E-state index is 12.5. The monoisotopic (exact) mass is 436 g/mol. The van der Waals surface area contributed by atoms with E-state index < -0.39 is 5.91 Å². The summed E-state index contributed by atoms with van der Waals surface area (Å²) in [4.78, 5) is 12.5. The van der Waals surface area contributed by atoms with Crippen LogP contribution in [0.5, 0.6) is 11.5 Å². The Morgan fingerprint density at radius 1 is 1.31 bits per heavy atom. The fourth-order valence-corrected chi connectivity index (χ4v) is 2.94. The van der Waals surface area contributed by atoms with Gasteiger partial charge in [-0.15, -0.1) is 0 Å². The minimum absolute atomic E-state index is 0.0636. The van der Waals surface area contributed by atoms with Crippen molar-refractivity contribution in [3.05, 3.63) is 52.0 Å². The highest BCUT2D eigenvalue weighted by molar-refractivity contribution is 9.10. The molecule has 2 rings (SSSR count). The summed E-state index contributed by atoms with van der Waals surface area (Å²) in [7, 11) is 1.50. The molecule has 26 heavy (non-hydrogen) atoms. The van der Waals surface area contributed by atoms with Crippen molar-refractivity contribution in [2.45, 2.75) is 26.2 Å². The average Bonchev–Trinajstić information content (AvgIpc) is 2.62. The number of ether oxygens (including phenoxy) is 1. The van der Waals surface area contributed by atoms with Crippen molar-refractivity contribution in [1.29, 1.82) is 0 Å². The molecule has 0 bridgehead atoms. The molecule has 0 saturated carbocycles. The second-order valence-corrected chi connectivity index (χ2v) is 7.16. The van der Waals surface area contributed by atoms with Gasteiger partial charge in [-0.1, -0.05) is 35.8 Å². The van der Waals surface area contributed by atoms with Gasteiger partial charge in [0.05, 0.1) is 18.4 Å². The molecular formula is C19H21BrN2O3S. The Balaban J connectivity index is 2.14. The summed E-state index contributed by atoms with van der Waals surface area (Å²) in [6, 6.07) is 10.5. The van der Waals surface area contributed by atoms with Crippen LogP contribution in [0.3, 0.4) is 0 Å². The molecule has 0 aromatic heterocycles. The molecule has 0 heterocycles. The van der Waals surface area contributed by atoms with Gasteiger partial charge >= 0.3 is 0 Å². The van der Waals surface area contributed by atoms with Crippen molar-refractivity contribution in [2.24, 2.45) is 0 Å². The molecule has 5 nitrogen and oxygen atoms in total. The summed E-state index contributed by atoms with van der Waals surface area (Å²) in [5.41, 5.74) is 1.88. The summed E-state index contributed by atoms with van der Waals surface area (Å²) in [5, 5.41) is 15.6. The average molecular weight is 437 g/mol. The van der Waals surface area contributed by atoms with Gasteiger partial charge in [-0.2, -0.15) is 0 Å². The van der Waals surface area contributed by atoms with Gasteiger partial charge in [-0.05, 0) is 60.5 Å². The number of phenols is 1. The number of halogens is 1. The Kier molecular flexibility index (Phi) is 6.99. The SMILES string of the molecule is CC[C@@H](C)c1ccc(O)c(NC(=S)NC(=O)c2cc(Br)ccc2OC)c1. The van der Waals surface area contributed by atoms with Crippen molar-refractivity contribution in [2.75, 3.05) is 12.4 Å². The van der Waals surface area contributed by atoms with Crippen molar-refractivity contribution in [3.63, 3.8) is 0 Å². The molecule has 138 valence electrons. The van der Waals surface area contributed by atoms with Gasteiger partial charge in [0.25, 0.3) is 5.91 Å². The Morgan fingerprint density at radius 3 is 2.69 bits per heavy atom. The van der Waals surface area contributed by atoms with E-state index in [4.69, 9.17) is 17.0 Å². The summed E-state index contributed by atoms with van der Waals surface area (Å²) in [6.45, 7) is 4.21. The number of amides is 1. The van der Waals surface area contributed by atoms with Crippen LogP contribution >= 0.6 is 28.1 Å². The number of hydrogen-bond donors (Lipinski definition) is 3. The number of nitrogens with one attached hydrogen (secondary N) is 2. The van der Waals surface area contributed by atoms with E-state index in [0.717, 1.165) is 16.5 Å². The zero-order valence-corrected chi connectivity index (χ0v) is 17.2. The van der Waals surface area contributed by atoms with E-state index in [2.05, 4.69) is 40.4 Å². The molecule has 1 atom stereocenters. The fourth-order valence-electron chi connectivity index (χ4n) is 2.38. The van der Waals surface area contributed by atoms with Gasteiger partial charge in [0, 0.05) is 4.47 Å². The van der Waals surface area contributed by atoms with E-state index in [1.807, 2.05) is 12.1 Å². The predicted octanol–water partition coefficient (Wildman–Crippen LogP) is 4.80. The predicted molar refractivity (Wildman–Crippen MR) is 111 cm³/mol. The van der Waals surface area contributed by atoms with E-state index in [1.165, 1.54) is 7.11 Å². The molecule has 2 aromatic carbocycles. The van der Waals surface area contributed by atoms with Gasteiger partial charge in [0.2, 0.25) is 0 Å². The maximum Gasteiger partial charge on any atom is 0.261 e. The third-order valence-electron chi connectivity index (χ3n) is 4.08. The molecule has 0 spiro atoms. The normalized spacial score (nSPS) is 11.5. The number of aromatic hydroxyl groups is 1. The highest BCUT2D eigenvalue weighted by Crippen LogP contribution is 2.29. The molecule has 1 amide bonds.